The van der Waals surface area contributed by atoms with E-state index in [-0.39, 0.29) is 17.6 Å². The summed E-state index contributed by atoms with van der Waals surface area (Å²) in [7, 11) is 0. The van der Waals surface area contributed by atoms with E-state index in [4.69, 9.17) is 4.42 Å². The number of nitrogens with one attached hydrogen (secondary N) is 2. The second-order valence-electron chi connectivity index (χ2n) is 5.64. The van der Waals surface area contributed by atoms with Crippen molar-refractivity contribution in [2.24, 2.45) is 0 Å². The van der Waals surface area contributed by atoms with Gasteiger partial charge >= 0.3 is 0 Å². The molecule has 0 aliphatic heterocycles. The summed E-state index contributed by atoms with van der Waals surface area (Å²) in [6.45, 7) is 2.11. The normalized spacial score (nSPS) is 10.8. The molecule has 0 unspecified atom stereocenters. The van der Waals surface area contributed by atoms with Crippen molar-refractivity contribution in [1.82, 2.24) is 4.98 Å². The number of amides is 2. The molecule has 2 amide bonds. The Morgan fingerprint density at radius 3 is 2.84 bits per heavy atom. The average molecular weight is 357 g/mol. The Labute approximate surface area is 149 Å². The van der Waals surface area contributed by atoms with Crippen LogP contribution in [0.3, 0.4) is 0 Å². The number of rotatable bonds is 7. The maximum absolute atomic E-state index is 12.0. The first-order valence-corrected chi connectivity index (χ1v) is 9.02. The van der Waals surface area contributed by atoms with E-state index in [9.17, 15) is 9.59 Å². The molecule has 7 heteroatoms. The number of carbonyl (C=O) groups excluding carboxylic acids is 2. The van der Waals surface area contributed by atoms with Crippen molar-refractivity contribution in [2.75, 3.05) is 10.6 Å². The number of aromatic nitrogens is 1. The highest BCUT2D eigenvalue weighted by Gasteiger charge is 2.12. The predicted molar refractivity (Wildman–Crippen MR) is 99.1 cm³/mol. The van der Waals surface area contributed by atoms with Gasteiger partial charge in [0.2, 0.25) is 5.91 Å². The van der Waals surface area contributed by atoms with E-state index in [1.807, 2.05) is 18.2 Å². The van der Waals surface area contributed by atoms with Gasteiger partial charge in [0.1, 0.15) is 0 Å². The molecule has 6 nitrogen and oxygen atoms in total. The molecule has 0 aliphatic rings. The lowest BCUT2D eigenvalue weighted by atomic mass is 10.2. The van der Waals surface area contributed by atoms with Gasteiger partial charge < -0.3 is 9.73 Å². The van der Waals surface area contributed by atoms with Gasteiger partial charge in [-0.25, -0.2) is 4.98 Å². The Morgan fingerprint density at radius 1 is 1.20 bits per heavy atom. The summed E-state index contributed by atoms with van der Waals surface area (Å²) in [5, 5.41) is 6.11. The molecule has 3 rings (SSSR count). The number of anilines is 2. The number of thiazole rings is 1. The highest BCUT2D eigenvalue weighted by atomic mass is 32.1. The molecule has 3 aromatic rings. The van der Waals surface area contributed by atoms with Gasteiger partial charge in [-0.1, -0.05) is 31.1 Å². The molecule has 1 aromatic carbocycles. The summed E-state index contributed by atoms with van der Waals surface area (Å²) in [5.41, 5.74) is 1.50. The SMILES string of the molecule is CCCCCC(=O)Nc1ccc2nc(NC(=O)c3ccco3)sc2c1. The third-order valence-corrected chi connectivity index (χ3v) is 4.58. The summed E-state index contributed by atoms with van der Waals surface area (Å²) in [6, 6.07) is 8.76. The summed E-state index contributed by atoms with van der Waals surface area (Å²) in [5.74, 6) is -0.0866. The summed E-state index contributed by atoms with van der Waals surface area (Å²) in [6.07, 6.45) is 5.02. The van der Waals surface area contributed by atoms with Crippen LogP contribution in [0.5, 0.6) is 0 Å². The standard InChI is InChI=1S/C18H19N3O3S/c1-2-3-4-7-16(22)19-12-8-9-13-15(11-12)25-18(20-13)21-17(23)14-6-5-10-24-14/h5-6,8-11H,2-4,7H2,1H3,(H,19,22)(H,20,21,23). The topological polar surface area (TPSA) is 84.2 Å². The van der Waals surface area contributed by atoms with Crippen LogP contribution in [0.2, 0.25) is 0 Å². The smallest absolute Gasteiger partial charge is 0.293 e. The van der Waals surface area contributed by atoms with E-state index in [1.54, 1.807) is 12.1 Å². The minimum atomic E-state index is -0.339. The molecule has 2 N–H and O–H groups in total. The lowest BCUT2D eigenvalue weighted by molar-refractivity contribution is -0.116. The number of hydrogen-bond donors (Lipinski definition) is 2. The maximum Gasteiger partial charge on any atom is 0.293 e. The minimum Gasteiger partial charge on any atom is -0.459 e. The largest absolute Gasteiger partial charge is 0.459 e. The molecule has 2 heterocycles. The van der Waals surface area contributed by atoms with Gasteiger partial charge in [-0.2, -0.15) is 0 Å². The number of carbonyl (C=O) groups is 2. The van der Waals surface area contributed by atoms with Crippen molar-refractivity contribution in [3.8, 4) is 0 Å². The number of fused-ring (bicyclic) bond motifs is 1. The van der Waals surface area contributed by atoms with Gasteiger partial charge in [0.15, 0.2) is 10.9 Å². The van der Waals surface area contributed by atoms with Crippen molar-refractivity contribution in [3.05, 3.63) is 42.4 Å². The van der Waals surface area contributed by atoms with E-state index in [2.05, 4.69) is 22.5 Å². The quantitative estimate of drug-likeness (QED) is 0.602. The number of hydrogen-bond acceptors (Lipinski definition) is 5. The molecule has 0 bridgehead atoms. The molecule has 0 fully saturated rings. The third kappa shape index (κ3) is 4.45. The van der Waals surface area contributed by atoms with Crippen LogP contribution in [-0.2, 0) is 4.79 Å². The first kappa shape index (κ1) is 17.2. The Bertz CT molecular complexity index is 871. The van der Waals surface area contributed by atoms with Gasteiger partial charge in [0.25, 0.3) is 5.91 Å². The molecule has 25 heavy (non-hydrogen) atoms. The second-order valence-corrected chi connectivity index (χ2v) is 6.67. The first-order chi connectivity index (χ1) is 12.2. The molecular weight excluding hydrogens is 338 g/mol. The van der Waals surface area contributed by atoms with Crippen molar-refractivity contribution in [1.29, 1.82) is 0 Å². The average Bonchev–Trinajstić information content (AvgIpc) is 3.23. The fourth-order valence-corrected chi connectivity index (χ4v) is 3.28. The maximum atomic E-state index is 12.0. The zero-order valence-electron chi connectivity index (χ0n) is 13.9. The molecule has 2 aromatic heterocycles. The summed E-state index contributed by atoms with van der Waals surface area (Å²) >= 11 is 1.35. The van der Waals surface area contributed by atoms with Gasteiger partial charge in [0.05, 0.1) is 16.5 Å². The lowest BCUT2D eigenvalue weighted by Gasteiger charge is -2.04. The molecular formula is C18H19N3O3S. The Balaban J connectivity index is 1.67. The minimum absolute atomic E-state index is 0.0173. The van der Waals surface area contributed by atoms with Crippen LogP contribution in [0, 0.1) is 0 Å². The molecule has 130 valence electrons. The molecule has 0 aliphatic carbocycles. The fraction of sp³-hybridized carbons (Fsp3) is 0.278. The highest BCUT2D eigenvalue weighted by Crippen LogP contribution is 2.28. The van der Waals surface area contributed by atoms with E-state index >= 15 is 0 Å². The van der Waals surface area contributed by atoms with Crippen LogP contribution in [0.4, 0.5) is 10.8 Å². The second kappa shape index (κ2) is 7.94. The van der Waals surface area contributed by atoms with Crippen LogP contribution < -0.4 is 10.6 Å². The van der Waals surface area contributed by atoms with Gasteiger partial charge in [-0.3, -0.25) is 14.9 Å². The van der Waals surface area contributed by atoms with Gasteiger partial charge in [-0.15, -0.1) is 0 Å². The molecule has 0 radical (unpaired) electrons. The van der Waals surface area contributed by atoms with Crippen LogP contribution in [0.25, 0.3) is 10.2 Å². The molecule has 0 saturated heterocycles. The van der Waals surface area contributed by atoms with Crippen molar-refractivity contribution in [2.45, 2.75) is 32.6 Å². The van der Waals surface area contributed by atoms with E-state index < -0.39 is 0 Å². The highest BCUT2D eigenvalue weighted by molar-refractivity contribution is 7.22. The molecule has 0 saturated carbocycles. The van der Waals surface area contributed by atoms with E-state index in [0.29, 0.717) is 11.6 Å². The zero-order valence-corrected chi connectivity index (χ0v) is 14.7. The summed E-state index contributed by atoms with van der Waals surface area (Å²) < 4.78 is 5.95. The Kier molecular flexibility index (Phi) is 5.45. The Morgan fingerprint density at radius 2 is 2.08 bits per heavy atom. The number of benzene rings is 1. The summed E-state index contributed by atoms with van der Waals surface area (Å²) in [4.78, 5) is 28.3. The van der Waals surface area contributed by atoms with E-state index in [0.717, 1.165) is 35.2 Å². The van der Waals surface area contributed by atoms with Crippen LogP contribution >= 0.6 is 11.3 Å². The van der Waals surface area contributed by atoms with Crippen LogP contribution in [0.15, 0.2) is 41.0 Å². The first-order valence-electron chi connectivity index (χ1n) is 8.21. The fourth-order valence-electron chi connectivity index (χ4n) is 2.38. The van der Waals surface area contributed by atoms with Crippen LogP contribution in [-0.4, -0.2) is 16.8 Å². The molecule has 0 atom stereocenters. The Hall–Kier alpha value is -2.67. The van der Waals surface area contributed by atoms with E-state index in [1.165, 1.54) is 17.6 Å². The molecule has 0 spiro atoms. The number of furan rings is 1. The van der Waals surface area contributed by atoms with Gasteiger partial charge in [0, 0.05) is 12.1 Å². The third-order valence-electron chi connectivity index (χ3n) is 3.65. The number of nitrogens with zero attached hydrogens (tertiary/aromatic N) is 1. The number of unbranched alkanes of at least 4 members (excludes halogenated alkanes) is 2. The zero-order chi connectivity index (χ0) is 17.6. The van der Waals surface area contributed by atoms with Crippen molar-refractivity contribution < 1.29 is 14.0 Å². The predicted octanol–water partition coefficient (Wildman–Crippen LogP) is 4.66. The van der Waals surface area contributed by atoms with Crippen molar-refractivity contribution in [3.63, 3.8) is 0 Å². The monoisotopic (exact) mass is 357 g/mol. The van der Waals surface area contributed by atoms with Crippen LogP contribution in [0.1, 0.15) is 43.2 Å². The van der Waals surface area contributed by atoms with Crippen molar-refractivity contribution >= 4 is 44.2 Å². The lowest BCUT2D eigenvalue weighted by Crippen LogP contribution is -2.10. The van der Waals surface area contributed by atoms with Gasteiger partial charge in [-0.05, 0) is 36.8 Å².